The maximum absolute atomic E-state index is 5.63. The van der Waals surface area contributed by atoms with E-state index >= 15 is 0 Å². The minimum Gasteiger partial charge on any atom is -0.486 e. The molecule has 27 heavy (non-hydrogen) atoms. The molecule has 1 aromatic heterocycles. The Bertz CT molecular complexity index is 941. The van der Waals surface area contributed by atoms with Crippen molar-refractivity contribution in [1.82, 2.24) is 9.97 Å². The van der Waals surface area contributed by atoms with E-state index in [-0.39, 0.29) is 0 Å². The van der Waals surface area contributed by atoms with Gasteiger partial charge in [-0.1, -0.05) is 29.8 Å². The van der Waals surface area contributed by atoms with Crippen LogP contribution in [0.15, 0.2) is 48.5 Å². The lowest BCUT2D eigenvalue weighted by atomic mass is 10.1. The van der Waals surface area contributed by atoms with Crippen molar-refractivity contribution in [2.24, 2.45) is 0 Å². The molecule has 0 spiro atoms. The van der Waals surface area contributed by atoms with E-state index in [1.807, 2.05) is 31.2 Å². The van der Waals surface area contributed by atoms with Crippen LogP contribution in [0.5, 0.6) is 11.5 Å². The molecule has 138 valence electrons. The number of hydrogen-bond acceptors (Lipinski definition) is 6. The third-order valence-corrected chi connectivity index (χ3v) is 4.25. The largest absolute Gasteiger partial charge is 0.486 e. The van der Waals surface area contributed by atoms with Gasteiger partial charge in [0.05, 0.1) is 0 Å². The Kier molecular flexibility index (Phi) is 4.78. The lowest BCUT2D eigenvalue weighted by Crippen LogP contribution is -2.15. The maximum atomic E-state index is 5.63. The van der Waals surface area contributed by atoms with Crippen molar-refractivity contribution < 1.29 is 9.47 Å². The number of aromatic nitrogens is 2. The van der Waals surface area contributed by atoms with Gasteiger partial charge in [0.1, 0.15) is 19.0 Å². The summed E-state index contributed by atoms with van der Waals surface area (Å²) in [5, 5.41) is 6.60. The molecule has 1 aliphatic rings. The fourth-order valence-corrected chi connectivity index (χ4v) is 2.86. The third kappa shape index (κ3) is 4.28. The number of fused-ring (bicyclic) bond motifs is 1. The van der Waals surface area contributed by atoms with Gasteiger partial charge in [-0.05, 0) is 31.5 Å². The summed E-state index contributed by atoms with van der Waals surface area (Å²) in [5.74, 6) is 2.82. The summed E-state index contributed by atoms with van der Waals surface area (Å²) in [4.78, 5) is 9.04. The fourth-order valence-electron chi connectivity index (χ4n) is 2.86. The first-order valence-corrected chi connectivity index (χ1v) is 8.97. The molecule has 3 aromatic rings. The van der Waals surface area contributed by atoms with Crippen LogP contribution in [0.1, 0.15) is 16.8 Å². The number of benzene rings is 2. The number of aryl methyl sites for hydroxylation is 2. The molecule has 2 aromatic carbocycles. The third-order valence-electron chi connectivity index (χ3n) is 4.25. The zero-order valence-electron chi connectivity index (χ0n) is 15.5. The zero-order chi connectivity index (χ0) is 18.6. The van der Waals surface area contributed by atoms with Gasteiger partial charge in [-0.15, -0.1) is 0 Å². The highest BCUT2D eigenvalue weighted by Crippen LogP contribution is 2.33. The summed E-state index contributed by atoms with van der Waals surface area (Å²) in [6.45, 7) is 5.88. The standard InChI is InChI=1S/C21H22N4O2/c1-14-3-5-16(6-4-14)13-22-20-11-15(2)23-21(25-20)24-17-7-8-18-19(12-17)27-10-9-26-18/h3-8,11-12H,9-10,13H2,1-2H3,(H2,22,23,24,25). The molecule has 0 fully saturated rings. The van der Waals surface area contributed by atoms with Crippen molar-refractivity contribution in [3.05, 3.63) is 65.4 Å². The molecule has 0 atom stereocenters. The van der Waals surface area contributed by atoms with Crippen LogP contribution in [0.2, 0.25) is 0 Å². The highest BCUT2D eigenvalue weighted by Gasteiger charge is 2.12. The van der Waals surface area contributed by atoms with Gasteiger partial charge in [-0.2, -0.15) is 4.98 Å². The molecule has 2 heterocycles. The summed E-state index contributed by atoms with van der Waals surface area (Å²) >= 11 is 0. The predicted molar refractivity (Wildman–Crippen MR) is 106 cm³/mol. The molecule has 2 N–H and O–H groups in total. The molecule has 0 amide bonds. The molecule has 0 unspecified atom stereocenters. The van der Waals surface area contributed by atoms with Crippen LogP contribution in [0.3, 0.4) is 0 Å². The number of ether oxygens (including phenoxy) is 2. The molecule has 0 radical (unpaired) electrons. The highest BCUT2D eigenvalue weighted by molar-refractivity contribution is 5.61. The topological polar surface area (TPSA) is 68.3 Å². The Labute approximate surface area is 158 Å². The predicted octanol–water partition coefficient (Wildman–Crippen LogP) is 4.22. The first-order valence-electron chi connectivity index (χ1n) is 8.97. The van der Waals surface area contributed by atoms with E-state index < -0.39 is 0 Å². The minimum atomic E-state index is 0.540. The van der Waals surface area contributed by atoms with Crippen LogP contribution < -0.4 is 20.1 Å². The number of hydrogen-bond donors (Lipinski definition) is 2. The van der Waals surface area contributed by atoms with Crippen LogP contribution in [0, 0.1) is 13.8 Å². The summed E-state index contributed by atoms with van der Waals surface area (Å²) in [6.07, 6.45) is 0. The second-order valence-electron chi connectivity index (χ2n) is 6.54. The van der Waals surface area contributed by atoms with Crippen molar-refractivity contribution in [2.75, 3.05) is 23.8 Å². The highest BCUT2D eigenvalue weighted by atomic mass is 16.6. The Morgan fingerprint density at radius 3 is 2.48 bits per heavy atom. The van der Waals surface area contributed by atoms with Gasteiger partial charge >= 0.3 is 0 Å². The van der Waals surface area contributed by atoms with Crippen molar-refractivity contribution in [3.63, 3.8) is 0 Å². The smallest absolute Gasteiger partial charge is 0.229 e. The van der Waals surface area contributed by atoms with Crippen LogP contribution in [-0.4, -0.2) is 23.2 Å². The van der Waals surface area contributed by atoms with Gasteiger partial charge in [-0.25, -0.2) is 4.98 Å². The molecule has 0 saturated carbocycles. The van der Waals surface area contributed by atoms with Crippen LogP contribution in [0.4, 0.5) is 17.5 Å². The molecule has 6 heteroatoms. The minimum absolute atomic E-state index is 0.540. The van der Waals surface area contributed by atoms with Gasteiger partial charge in [-0.3, -0.25) is 0 Å². The molecule has 0 bridgehead atoms. The molecule has 0 saturated heterocycles. The molecular formula is C21H22N4O2. The molecule has 1 aliphatic heterocycles. The monoisotopic (exact) mass is 362 g/mol. The number of rotatable bonds is 5. The molecule has 0 aliphatic carbocycles. The summed E-state index contributed by atoms with van der Waals surface area (Å²) < 4.78 is 11.2. The van der Waals surface area contributed by atoms with Crippen molar-refractivity contribution in [3.8, 4) is 11.5 Å². The van der Waals surface area contributed by atoms with Gasteiger partial charge in [0, 0.05) is 30.1 Å². The van der Waals surface area contributed by atoms with Crippen LogP contribution in [0.25, 0.3) is 0 Å². The van der Waals surface area contributed by atoms with Crippen LogP contribution >= 0.6 is 0 Å². The van der Waals surface area contributed by atoms with Crippen molar-refractivity contribution in [2.45, 2.75) is 20.4 Å². The van der Waals surface area contributed by atoms with Crippen molar-refractivity contribution >= 4 is 17.5 Å². The zero-order valence-corrected chi connectivity index (χ0v) is 15.5. The second-order valence-corrected chi connectivity index (χ2v) is 6.54. The van der Waals surface area contributed by atoms with Gasteiger partial charge in [0.2, 0.25) is 5.95 Å². The average molecular weight is 362 g/mol. The van der Waals surface area contributed by atoms with E-state index in [9.17, 15) is 0 Å². The van der Waals surface area contributed by atoms with Crippen LogP contribution in [-0.2, 0) is 6.54 Å². The van der Waals surface area contributed by atoms with E-state index in [2.05, 4.69) is 51.8 Å². The summed E-state index contributed by atoms with van der Waals surface area (Å²) in [7, 11) is 0. The lowest BCUT2D eigenvalue weighted by Gasteiger charge is -2.19. The fraction of sp³-hybridized carbons (Fsp3) is 0.238. The number of anilines is 3. The molecule has 4 rings (SSSR count). The van der Waals surface area contributed by atoms with E-state index in [1.165, 1.54) is 11.1 Å². The van der Waals surface area contributed by atoms with Gasteiger partial charge in [0.25, 0.3) is 0 Å². The quantitative estimate of drug-likeness (QED) is 0.708. The molecular weight excluding hydrogens is 340 g/mol. The number of nitrogens with one attached hydrogen (secondary N) is 2. The first-order chi connectivity index (χ1) is 13.2. The first kappa shape index (κ1) is 17.1. The van der Waals surface area contributed by atoms with Crippen molar-refractivity contribution in [1.29, 1.82) is 0 Å². The normalized spacial score (nSPS) is 12.5. The van der Waals surface area contributed by atoms with E-state index in [0.717, 1.165) is 28.7 Å². The molecule has 6 nitrogen and oxygen atoms in total. The number of nitrogens with zero attached hydrogens (tertiary/aromatic N) is 2. The Morgan fingerprint density at radius 1 is 0.889 bits per heavy atom. The Balaban J connectivity index is 1.47. The van der Waals surface area contributed by atoms with E-state index in [1.54, 1.807) is 0 Å². The van der Waals surface area contributed by atoms with E-state index in [0.29, 0.717) is 25.7 Å². The SMILES string of the molecule is Cc1ccc(CNc2cc(C)nc(Nc3ccc4c(c3)OCCO4)n2)cc1. The Hall–Kier alpha value is -3.28. The van der Waals surface area contributed by atoms with E-state index in [4.69, 9.17) is 9.47 Å². The average Bonchev–Trinajstić information content (AvgIpc) is 2.67. The second kappa shape index (κ2) is 7.53. The summed E-state index contributed by atoms with van der Waals surface area (Å²) in [5.41, 5.74) is 4.20. The summed E-state index contributed by atoms with van der Waals surface area (Å²) in [6, 6.07) is 16.1. The van der Waals surface area contributed by atoms with Gasteiger partial charge in [0.15, 0.2) is 11.5 Å². The van der Waals surface area contributed by atoms with Gasteiger partial charge < -0.3 is 20.1 Å². The lowest BCUT2D eigenvalue weighted by molar-refractivity contribution is 0.171. The maximum Gasteiger partial charge on any atom is 0.229 e. The Morgan fingerprint density at radius 2 is 1.67 bits per heavy atom.